The van der Waals surface area contributed by atoms with Crippen LogP contribution in [0.4, 0.5) is 5.69 Å². The van der Waals surface area contributed by atoms with E-state index >= 15 is 0 Å². The summed E-state index contributed by atoms with van der Waals surface area (Å²) < 4.78 is 5.84. The van der Waals surface area contributed by atoms with E-state index in [1.54, 1.807) is 12.1 Å². The van der Waals surface area contributed by atoms with Crippen LogP contribution in [0.1, 0.15) is 18.4 Å². The van der Waals surface area contributed by atoms with Crippen LogP contribution in [0, 0.1) is 16.0 Å². The van der Waals surface area contributed by atoms with Crippen LogP contribution in [0.3, 0.4) is 0 Å². The highest BCUT2D eigenvalue weighted by atomic mass is 79.9. The second kappa shape index (κ2) is 6.98. The molecule has 0 aliphatic carbocycles. The molecular formula is C13H17BrN2O3. The van der Waals surface area contributed by atoms with Crippen LogP contribution in [0.25, 0.3) is 0 Å². The van der Waals surface area contributed by atoms with Crippen molar-refractivity contribution < 1.29 is 9.66 Å². The predicted molar refractivity (Wildman–Crippen MR) is 76.0 cm³/mol. The van der Waals surface area contributed by atoms with E-state index in [2.05, 4.69) is 21.2 Å². The van der Waals surface area contributed by atoms with Gasteiger partial charge in [0.25, 0.3) is 5.69 Å². The molecule has 0 aromatic heterocycles. The van der Waals surface area contributed by atoms with E-state index in [0.717, 1.165) is 38.2 Å². The zero-order chi connectivity index (χ0) is 13.7. The highest BCUT2D eigenvalue weighted by Crippen LogP contribution is 2.25. The van der Waals surface area contributed by atoms with Crippen molar-refractivity contribution in [2.45, 2.75) is 19.4 Å². The van der Waals surface area contributed by atoms with Crippen LogP contribution >= 0.6 is 15.9 Å². The van der Waals surface area contributed by atoms with Crippen LogP contribution < -0.4 is 5.32 Å². The Hall–Kier alpha value is -0.980. The third-order valence-corrected chi connectivity index (χ3v) is 3.96. The molecule has 6 heteroatoms. The summed E-state index contributed by atoms with van der Waals surface area (Å²) in [5.41, 5.74) is 1.04. The summed E-state index contributed by atoms with van der Waals surface area (Å²) in [6.45, 7) is 3.31. The molecule has 104 valence electrons. The number of hydrogen-bond donors (Lipinski definition) is 1. The van der Waals surface area contributed by atoms with E-state index in [0.29, 0.717) is 16.9 Å². The Morgan fingerprint density at radius 3 is 3.05 bits per heavy atom. The van der Waals surface area contributed by atoms with E-state index in [1.807, 2.05) is 6.07 Å². The quantitative estimate of drug-likeness (QED) is 0.495. The molecule has 1 aliphatic heterocycles. The van der Waals surface area contributed by atoms with Crippen molar-refractivity contribution in [2.24, 2.45) is 5.92 Å². The minimum atomic E-state index is -0.372. The largest absolute Gasteiger partial charge is 0.381 e. The molecule has 1 aliphatic rings. The Labute approximate surface area is 120 Å². The molecule has 1 aromatic rings. The zero-order valence-electron chi connectivity index (χ0n) is 10.6. The fraction of sp³-hybridized carbons (Fsp3) is 0.538. The number of nitrogens with zero attached hydrogens (tertiary/aromatic N) is 1. The summed E-state index contributed by atoms with van der Waals surface area (Å²) in [5, 5.41) is 14.1. The summed E-state index contributed by atoms with van der Waals surface area (Å²) in [6.07, 6.45) is 2.24. The van der Waals surface area contributed by atoms with E-state index in [-0.39, 0.29) is 10.6 Å². The Bertz CT molecular complexity index is 448. The molecule has 5 nitrogen and oxygen atoms in total. The number of rotatable bonds is 6. The van der Waals surface area contributed by atoms with Gasteiger partial charge in [0, 0.05) is 25.8 Å². The summed E-state index contributed by atoms with van der Waals surface area (Å²) in [7, 11) is 0. The van der Waals surface area contributed by atoms with Crippen molar-refractivity contribution in [3.05, 3.63) is 38.3 Å². The van der Waals surface area contributed by atoms with Crippen molar-refractivity contribution >= 4 is 21.6 Å². The van der Waals surface area contributed by atoms with Crippen molar-refractivity contribution in [3.63, 3.8) is 0 Å². The summed E-state index contributed by atoms with van der Waals surface area (Å²) in [6, 6.07) is 5.22. The smallest absolute Gasteiger partial charge is 0.283 e. The van der Waals surface area contributed by atoms with Crippen molar-refractivity contribution in [1.29, 1.82) is 0 Å². The summed E-state index contributed by atoms with van der Waals surface area (Å²) >= 11 is 3.18. The predicted octanol–water partition coefficient (Wildman–Crippen LogP) is 2.87. The van der Waals surface area contributed by atoms with Crippen LogP contribution in [0.2, 0.25) is 0 Å². The van der Waals surface area contributed by atoms with Gasteiger partial charge in [-0.1, -0.05) is 6.07 Å². The molecule has 2 rings (SSSR count). The van der Waals surface area contributed by atoms with Gasteiger partial charge in [0.1, 0.15) is 0 Å². The van der Waals surface area contributed by atoms with Crippen molar-refractivity contribution in [3.8, 4) is 0 Å². The maximum absolute atomic E-state index is 10.8. The van der Waals surface area contributed by atoms with Gasteiger partial charge in [0.05, 0.1) is 9.40 Å². The Morgan fingerprint density at radius 1 is 1.53 bits per heavy atom. The average Bonchev–Trinajstić information content (AvgIpc) is 2.89. The fourth-order valence-electron chi connectivity index (χ4n) is 2.16. The first-order valence-electron chi connectivity index (χ1n) is 6.38. The molecule has 0 amide bonds. The Morgan fingerprint density at radius 2 is 2.37 bits per heavy atom. The fourth-order valence-corrected chi connectivity index (χ4v) is 2.55. The van der Waals surface area contributed by atoms with Crippen LogP contribution in [-0.2, 0) is 11.3 Å². The third-order valence-electron chi connectivity index (χ3n) is 3.29. The SMILES string of the molecule is O=[N+]([O-])c1cc(CNCCC2CCOC2)ccc1Br. The van der Waals surface area contributed by atoms with E-state index in [1.165, 1.54) is 0 Å². The van der Waals surface area contributed by atoms with Gasteiger partial charge in [0.15, 0.2) is 0 Å². The molecule has 0 saturated carbocycles. The standard InChI is InChI=1S/C13H17BrN2O3/c14-12-2-1-11(7-13(12)16(17)18)8-15-5-3-10-4-6-19-9-10/h1-2,7,10,15H,3-6,8-9H2. The first kappa shape index (κ1) is 14.4. The molecule has 1 unspecified atom stereocenters. The van der Waals surface area contributed by atoms with E-state index < -0.39 is 0 Å². The van der Waals surface area contributed by atoms with Crippen LogP contribution in [0.15, 0.2) is 22.7 Å². The second-order valence-electron chi connectivity index (χ2n) is 4.74. The molecule has 0 radical (unpaired) electrons. The highest BCUT2D eigenvalue weighted by Gasteiger charge is 2.15. The van der Waals surface area contributed by atoms with Gasteiger partial charge >= 0.3 is 0 Å². The van der Waals surface area contributed by atoms with Crippen molar-refractivity contribution in [2.75, 3.05) is 19.8 Å². The number of benzene rings is 1. The van der Waals surface area contributed by atoms with Gasteiger partial charge in [0.2, 0.25) is 0 Å². The van der Waals surface area contributed by atoms with E-state index in [9.17, 15) is 10.1 Å². The molecule has 1 atom stereocenters. The lowest BCUT2D eigenvalue weighted by molar-refractivity contribution is -0.385. The number of nitro benzene ring substituents is 1. The molecule has 19 heavy (non-hydrogen) atoms. The summed E-state index contributed by atoms with van der Waals surface area (Å²) in [4.78, 5) is 10.4. The lowest BCUT2D eigenvalue weighted by Crippen LogP contribution is -2.18. The number of hydrogen-bond acceptors (Lipinski definition) is 4. The average molecular weight is 329 g/mol. The van der Waals surface area contributed by atoms with Gasteiger partial charge in [-0.15, -0.1) is 0 Å². The minimum absolute atomic E-state index is 0.114. The van der Waals surface area contributed by atoms with Gasteiger partial charge in [-0.2, -0.15) is 0 Å². The molecule has 1 saturated heterocycles. The Balaban J connectivity index is 1.79. The minimum Gasteiger partial charge on any atom is -0.381 e. The number of nitro groups is 1. The highest BCUT2D eigenvalue weighted by molar-refractivity contribution is 9.10. The number of nitrogens with one attached hydrogen (secondary N) is 1. The molecule has 1 aromatic carbocycles. The van der Waals surface area contributed by atoms with Crippen LogP contribution in [0.5, 0.6) is 0 Å². The normalized spacial score (nSPS) is 18.7. The first-order valence-corrected chi connectivity index (χ1v) is 7.17. The molecule has 1 N–H and O–H groups in total. The maximum atomic E-state index is 10.8. The van der Waals surface area contributed by atoms with Gasteiger partial charge in [-0.05, 0) is 52.9 Å². The van der Waals surface area contributed by atoms with Gasteiger partial charge < -0.3 is 10.1 Å². The maximum Gasteiger partial charge on any atom is 0.283 e. The molecule has 1 fully saturated rings. The molecule has 0 spiro atoms. The third kappa shape index (κ3) is 4.26. The zero-order valence-corrected chi connectivity index (χ0v) is 12.2. The molecule has 0 bridgehead atoms. The summed E-state index contributed by atoms with van der Waals surface area (Å²) in [5.74, 6) is 0.659. The second-order valence-corrected chi connectivity index (χ2v) is 5.59. The lowest BCUT2D eigenvalue weighted by Gasteiger charge is -2.09. The topological polar surface area (TPSA) is 64.4 Å². The first-order chi connectivity index (χ1) is 9.16. The molecule has 1 heterocycles. The monoisotopic (exact) mass is 328 g/mol. The van der Waals surface area contributed by atoms with Crippen LogP contribution in [-0.4, -0.2) is 24.7 Å². The molecular weight excluding hydrogens is 312 g/mol. The number of ether oxygens (including phenoxy) is 1. The number of halogens is 1. The van der Waals surface area contributed by atoms with Gasteiger partial charge in [-0.3, -0.25) is 10.1 Å². The lowest BCUT2D eigenvalue weighted by atomic mass is 10.1. The van der Waals surface area contributed by atoms with Crippen molar-refractivity contribution in [1.82, 2.24) is 5.32 Å². The van der Waals surface area contributed by atoms with E-state index in [4.69, 9.17) is 4.74 Å². The Kier molecular flexibility index (Phi) is 5.30. The van der Waals surface area contributed by atoms with Gasteiger partial charge in [-0.25, -0.2) is 0 Å².